The maximum atomic E-state index is 12.4. The Balaban J connectivity index is 2.52. The van der Waals surface area contributed by atoms with E-state index in [-0.39, 0.29) is 30.1 Å². The minimum atomic E-state index is -4.09. The van der Waals surface area contributed by atoms with Crippen molar-refractivity contribution in [2.45, 2.75) is 4.90 Å². The number of phenols is 1. The van der Waals surface area contributed by atoms with Gasteiger partial charge in [-0.15, -0.1) is 0 Å². The monoisotopic (exact) mass is 507 g/mol. The number of benzene rings is 2. The van der Waals surface area contributed by atoms with Crippen LogP contribution in [0.5, 0.6) is 5.75 Å². The lowest BCUT2D eigenvalue weighted by Crippen LogP contribution is -2.13. The first kappa shape index (κ1) is 18.2. The predicted molar refractivity (Wildman–Crippen MR) is 95.8 cm³/mol. The minimum absolute atomic E-state index is 0.0477. The molecule has 0 spiro atoms. The highest BCUT2D eigenvalue weighted by Gasteiger charge is 2.23. The van der Waals surface area contributed by atoms with Crippen LogP contribution in [0.2, 0.25) is 15.1 Å². The Morgan fingerprint density at radius 1 is 0.955 bits per heavy atom. The van der Waals surface area contributed by atoms with Crippen molar-refractivity contribution in [2.75, 3.05) is 4.72 Å². The van der Waals surface area contributed by atoms with Crippen LogP contribution in [-0.2, 0) is 10.0 Å². The van der Waals surface area contributed by atoms with Gasteiger partial charge in [0.15, 0.2) is 0 Å². The maximum Gasteiger partial charge on any atom is 0.265 e. The van der Waals surface area contributed by atoms with Crippen LogP contribution in [-0.4, -0.2) is 13.5 Å². The van der Waals surface area contributed by atoms with Crippen molar-refractivity contribution < 1.29 is 13.5 Å². The Hall–Kier alpha value is -0.180. The molecule has 118 valence electrons. The second-order valence-electron chi connectivity index (χ2n) is 4.09. The summed E-state index contributed by atoms with van der Waals surface area (Å²) in [6, 6.07) is 5.38. The SMILES string of the molecule is O=S(=O)(Nc1cc(Cl)c(Cl)cc1Cl)c1cc(Br)cc(Br)c1O. The van der Waals surface area contributed by atoms with Crippen molar-refractivity contribution in [3.63, 3.8) is 0 Å². The van der Waals surface area contributed by atoms with Crippen LogP contribution in [0.4, 0.5) is 5.69 Å². The van der Waals surface area contributed by atoms with Gasteiger partial charge >= 0.3 is 0 Å². The second-order valence-corrected chi connectivity index (χ2v) is 8.73. The van der Waals surface area contributed by atoms with Crippen LogP contribution >= 0.6 is 66.7 Å². The van der Waals surface area contributed by atoms with Crippen molar-refractivity contribution in [2.24, 2.45) is 0 Å². The summed E-state index contributed by atoms with van der Waals surface area (Å²) in [4.78, 5) is -0.323. The number of hydrogen-bond donors (Lipinski definition) is 2. The molecular weight excluding hydrogens is 504 g/mol. The first-order chi connectivity index (χ1) is 10.1. The Morgan fingerprint density at radius 2 is 1.55 bits per heavy atom. The third-order valence-electron chi connectivity index (χ3n) is 2.54. The quantitative estimate of drug-likeness (QED) is 0.523. The Bertz CT molecular complexity index is 859. The molecule has 0 atom stereocenters. The van der Waals surface area contributed by atoms with Gasteiger partial charge in [0.05, 0.1) is 25.2 Å². The van der Waals surface area contributed by atoms with E-state index < -0.39 is 15.8 Å². The van der Waals surface area contributed by atoms with Gasteiger partial charge in [-0.1, -0.05) is 50.7 Å². The normalized spacial score (nSPS) is 11.5. The summed E-state index contributed by atoms with van der Waals surface area (Å²) >= 11 is 23.8. The van der Waals surface area contributed by atoms with Gasteiger partial charge in [0.2, 0.25) is 0 Å². The fraction of sp³-hybridized carbons (Fsp3) is 0. The van der Waals surface area contributed by atoms with Crippen LogP contribution in [0.1, 0.15) is 0 Å². The fourth-order valence-corrected chi connectivity index (χ4v) is 4.92. The molecule has 0 saturated heterocycles. The van der Waals surface area contributed by atoms with Crippen LogP contribution in [0.25, 0.3) is 0 Å². The Labute approximate surface area is 158 Å². The highest BCUT2D eigenvalue weighted by atomic mass is 79.9. The first-order valence-electron chi connectivity index (χ1n) is 5.47. The molecule has 0 saturated carbocycles. The van der Waals surface area contributed by atoms with Crippen LogP contribution in [0.3, 0.4) is 0 Å². The van der Waals surface area contributed by atoms with Crippen LogP contribution in [0.15, 0.2) is 38.1 Å². The number of nitrogens with one attached hydrogen (secondary N) is 1. The second kappa shape index (κ2) is 6.75. The number of aromatic hydroxyl groups is 1. The molecule has 2 N–H and O–H groups in total. The molecule has 0 amide bonds. The lowest BCUT2D eigenvalue weighted by atomic mass is 10.3. The Morgan fingerprint density at radius 3 is 2.18 bits per heavy atom. The molecule has 2 rings (SSSR count). The molecule has 0 aromatic heterocycles. The molecule has 0 aliphatic carbocycles. The maximum absolute atomic E-state index is 12.4. The van der Waals surface area contributed by atoms with Gasteiger partial charge in [-0.25, -0.2) is 8.42 Å². The largest absolute Gasteiger partial charge is 0.505 e. The van der Waals surface area contributed by atoms with Gasteiger partial charge in [-0.3, -0.25) is 4.72 Å². The van der Waals surface area contributed by atoms with E-state index in [4.69, 9.17) is 34.8 Å². The molecule has 0 fully saturated rings. The molecule has 2 aromatic rings. The summed E-state index contributed by atoms with van der Waals surface area (Å²) in [7, 11) is -4.09. The molecule has 2 aromatic carbocycles. The molecule has 0 aliphatic heterocycles. The average Bonchev–Trinajstić information content (AvgIpc) is 2.39. The summed E-state index contributed by atoms with van der Waals surface area (Å²) in [5.41, 5.74) is 0.0477. The van der Waals surface area contributed by atoms with Gasteiger partial charge < -0.3 is 5.11 Å². The van der Waals surface area contributed by atoms with Gasteiger partial charge in [0.1, 0.15) is 10.6 Å². The number of halogens is 5. The van der Waals surface area contributed by atoms with Crippen molar-refractivity contribution in [3.05, 3.63) is 48.3 Å². The van der Waals surface area contributed by atoms with E-state index in [1.54, 1.807) is 0 Å². The summed E-state index contributed by atoms with van der Waals surface area (Å²) < 4.78 is 27.8. The summed E-state index contributed by atoms with van der Waals surface area (Å²) in [5, 5.41) is 10.4. The van der Waals surface area contributed by atoms with Crippen molar-refractivity contribution in [1.82, 2.24) is 0 Å². The van der Waals surface area contributed by atoms with E-state index >= 15 is 0 Å². The van der Waals surface area contributed by atoms with E-state index in [2.05, 4.69) is 36.6 Å². The minimum Gasteiger partial charge on any atom is -0.505 e. The van der Waals surface area contributed by atoms with Gasteiger partial charge in [-0.2, -0.15) is 0 Å². The molecular formula is C12H6Br2Cl3NO3S. The molecule has 22 heavy (non-hydrogen) atoms. The highest BCUT2D eigenvalue weighted by Crippen LogP contribution is 2.37. The molecule has 10 heteroatoms. The van der Waals surface area contributed by atoms with Crippen molar-refractivity contribution >= 4 is 82.4 Å². The molecule has 0 bridgehead atoms. The smallest absolute Gasteiger partial charge is 0.265 e. The standard InChI is InChI=1S/C12H6Br2Cl3NO3S/c13-5-1-6(14)12(19)11(2-5)22(20,21)18-10-4-8(16)7(15)3-9(10)17/h1-4,18-19H. The number of hydrogen-bond acceptors (Lipinski definition) is 3. The zero-order valence-corrected chi connectivity index (χ0v) is 16.6. The van der Waals surface area contributed by atoms with E-state index in [1.165, 1.54) is 24.3 Å². The van der Waals surface area contributed by atoms with Crippen LogP contribution < -0.4 is 4.72 Å². The predicted octanol–water partition coefficient (Wildman–Crippen LogP) is 5.68. The van der Waals surface area contributed by atoms with E-state index in [1.807, 2.05) is 0 Å². The van der Waals surface area contributed by atoms with Gasteiger partial charge in [-0.05, 0) is 40.2 Å². The number of phenolic OH excluding ortho intramolecular Hbond substituents is 1. The third-order valence-corrected chi connectivity index (χ3v) is 6.01. The highest BCUT2D eigenvalue weighted by molar-refractivity contribution is 9.11. The third kappa shape index (κ3) is 3.83. The van der Waals surface area contributed by atoms with Crippen LogP contribution in [0, 0.1) is 0 Å². The summed E-state index contributed by atoms with van der Waals surface area (Å²) in [5.74, 6) is -0.424. The zero-order chi connectivity index (χ0) is 16.7. The lowest BCUT2D eigenvalue weighted by molar-refractivity contribution is 0.455. The summed E-state index contributed by atoms with van der Waals surface area (Å²) in [6.45, 7) is 0. The number of anilines is 1. The lowest BCUT2D eigenvalue weighted by Gasteiger charge is -2.13. The van der Waals surface area contributed by atoms with Crippen molar-refractivity contribution in [1.29, 1.82) is 0 Å². The zero-order valence-electron chi connectivity index (χ0n) is 10.4. The van der Waals surface area contributed by atoms with Gasteiger partial charge in [0, 0.05) is 4.47 Å². The molecule has 0 heterocycles. The summed E-state index contributed by atoms with van der Waals surface area (Å²) in [6.07, 6.45) is 0. The van der Waals surface area contributed by atoms with E-state index in [0.29, 0.717) is 4.47 Å². The number of sulfonamides is 1. The Kier molecular flexibility index (Phi) is 5.57. The topological polar surface area (TPSA) is 66.4 Å². The van der Waals surface area contributed by atoms with E-state index in [0.717, 1.165) is 0 Å². The van der Waals surface area contributed by atoms with E-state index in [9.17, 15) is 13.5 Å². The fourth-order valence-electron chi connectivity index (χ4n) is 1.55. The van der Waals surface area contributed by atoms with Gasteiger partial charge in [0.25, 0.3) is 10.0 Å². The average molecular weight is 510 g/mol. The first-order valence-corrected chi connectivity index (χ1v) is 9.67. The molecule has 0 aliphatic rings. The molecule has 0 unspecified atom stereocenters. The number of rotatable bonds is 3. The molecule has 4 nitrogen and oxygen atoms in total. The van der Waals surface area contributed by atoms with Crippen molar-refractivity contribution in [3.8, 4) is 5.75 Å². The molecule has 0 radical (unpaired) electrons.